The second-order valence-electron chi connectivity index (χ2n) is 5.34. The van der Waals surface area contributed by atoms with Gasteiger partial charge in [-0.3, -0.25) is 4.79 Å². The standard InChI is InChI=1S/C18H19N3O4/c1-12(13-5-3-2-4-6-13)20-16(22)11-25-17(23)14-7-9-15(10-8-14)21-18(19)24/h2-10,12H,11H2,1H3,(H,20,22)(H3,19,21,24)/t12-/m0/s1. The molecule has 0 aliphatic heterocycles. The van der Waals surface area contributed by atoms with Crippen LogP contribution < -0.4 is 16.4 Å². The van der Waals surface area contributed by atoms with Crippen molar-refractivity contribution >= 4 is 23.6 Å². The molecule has 3 amide bonds. The van der Waals surface area contributed by atoms with Crippen molar-refractivity contribution in [2.75, 3.05) is 11.9 Å². The Morgan fingerprint density at radius 1 is 1.04 bits per heavy atom. The predicted molar refractivity (Wildman–Crippen MR) is 92.9 cm³/mol. The largest absolute Gasteiger partial charge is 0.452 e. The summed E-state index contributed by atoms with van der Waals surface area (Å²) in [4.78, 5) is 34.5. The molecular weight excluding hydrogens is 322 g/mol. The topological polar surface area (TPSA) is 111 Å². The average Bonchev–Trinajstić information content (AvgIpc) is 2.60. The van der Waals surface area contributed by atoms with Gasteiger partial charge in [-0.2, -0.15) is 0 Å². The van der Waals surface area contributed by atoms with Crippen molar-refractivity contribution in [3.63, 3.8) is 0 Å². The van der Waals surface area contributed by atoms with E-state index in [9.17, 15) is 14.4 Å². The van der Waals surface area contributed by atoms with Gasteiger partial charge in [-0.25, -0.2) is 9.59 Å². The molecule has 0 aliphatic carbocycles. The van der Waals surface area contributed by atoms with Crippen molar-refractivity contribution in [3.05, 3.63) is 65.7 Å². The quantitative estimate of drug-likeness (QED) is 0.700. The smallest absolute Gasteiger partial charge is 0.338 e. The summed E-state index contributed by atoms with van der Waals surface area (Å²) >= 11 is 0. The fraction of sp³-hybridized carbons (Fsp3) is 0.167. The van der Waals surface area contributed by atoms with Gasteiger partial charge in [0, 0.05) is 5.69 Å². The molecule has 0 saturated heterocycles. The van der Waals surface area contributed by atoms with E-state index < -0.39 is 17.9 Å². The number of esters is 1. The molecule has 7 heteroatoms. The monoisotopic (exact) mass is 341 g/mol. The Morgan fingerprint density at radius 2 is 1.68 bits per heavy atom. The Balaban J connectivity index is 1.82. The lowest BCUT2D eigenvalue weighted by atomic mass is 10.1. The third kappa shape index (κ3) is 5.65. The fourth-order valence-corrected chi connectivity index (χ4v) is 2.15. The summed E-state index contributed by atoms with van der Waals surface area (Å²) in [6.07, 6.45) is 0. The second kappa shape index (κ2) is 8.49. The SMILES string of the molecule is C[C@H](NC(=O)COC(=O)c1ccc(NC(N)=O)cc1)c1ccccc1. The third-order valence-electron chi connectivity index (χ3n) is 3.40. The lowest BCUT2D eigenvalue weighted by Crippen LogP contribution is -2.31. The van der Waals surface area contributed by atoms with Gasteiger partial charge in [-0.1, -0.05) is 30.3 Å². The van der Waals surface area contributed by atoms with Gasteiger partial charge in [0.05, 0.1) is 11.6 Å². The Morgan fingerprint density at radius 3 is 2.28 bits per heavy atom. The van der Waals surface area contributed by atoms with E-state index in [0.717, 1.165) is 5.56 Å². The van der Waals surface area contributed by atoms with Crippen LogP contribution in [0.1, 0.15) is 28.9 Å². The predicted octanol–water partition coefficient (Wildman–Crippen LogP) is 2.21. The van der Waals surface area contributed by atoms with Crippen LogP contribution in [0.4, 0.5) is 10.5 Å². The van der Waals surface area contributed by atoms with Crippen molar-refractivity contribution in [2.45, 2.75) is 13.0 Å². The first-order chi connectivity index (χ1) is 12.0. The summed E-state index contributed by atoms with van der Waals surface area (Å²) in [6, 6.07) is 14.5. The first-order valence-electron chi connectivity index (χ1n) is 7.63. The highest BCUT2D eigenvalue weighted by Gasteiger charge is 2.13. The summed E-state index contributed by atoms with van der Waals surface area (Å²) < 4.78 is 4.98. The molecule has 25 heavy (non-hydrogen) atoms. The highest BCUT2D eigenvalue weighted by Crippen LogP contribution is 2.12. The molecule has 2 aromatic carbocycles. The molecule has 130 valence electrons. The number of ether oxygens (including phenoxy) is 1. The summed E-state index contributed by atoms with van der Waals surface area (Å²) in [5.74, 6) is -1.02. The van der Waals surface area contributed by atoms with Crippen molar-refractivity contribution in [1.82, 2.24) is 5.32 Å². The maximum Gasteiger partial charge on any atom is 0.338 e. The zero-order valence-corrected chi connectivity index (χ0v) is 13.7. The fourth-order valence-electron chi connectivity index (χ4n) is 2.15. The van der Waals surface area contributed by atoms with Crippen LogP contribution in [-0.4, -0.2) is 24.5 Å². The minimum atomic E-state index is -0.695. The van der Waals surface area contributed by atoms with Crippen LogP contribution in [0.5, 0.6) is 0 Å². The van der Waals surface area contributed by atoms with E-state index in [1.165, 1.54) is 24.3 Å². The first kappa shape index (κ1) is 18.0. The number of benzene rings is 2. The van der Waals surface area contributed by atoms with Crippen LogP contribution in [0.3, 0.4) is 0 Å². The highest BCUT2D eigenvalue weighted by molar-refractivity contribution is 5.93. The van der Waals surface area contributed by atoms with Gasteiger partial charge >= 0.3 is 12.0 Å². The number of nitrogens with one attached hydrogen (secondary N) is 2. The van der Waals surface area contributed by atoms with Gasteiger partial charge in [0.25, 0.3) is 5.91 Å². The van der Waals surface area contributed by atoms with Gasteiger partial charge in [0.15, 0.2) is 6.61 Å². The van der Waals surface area contributed by atoms with E-state index in [1.807, 2.05) is 37.3 Å². The zero-order chi connectivity index (χ0) is 18.2. The Hall–Kier alpha value is -3.35. The van der Waals surface area contributed by atoms with E-state index in [0.29, 0.717) is 5.69 Å². The van der Waals surface area contributed by atoms with Crippen LogP contribution >= 0.6 is 0 Å². The zero-order valence-electron chi connectivity index (χ0n) is 13.7. The third-order valence-corrected chi connectivity index (χ3v) is 3.40. The van der Waals surface area contributed by atoms with Crippen molar-refractivity contribution in [2.24, 2.45) is 5.73 Å². The molecule has 7 nitrogen and oxygen atoms in total. The molecule has 1 atom stereocenters. The number of hydrogen-bond acceptors (Lipinski definition) is 4. The summed E-state index contributed by atoms with van der Waals surface area (Å²) in [5, 5.41) is 5.14. The minimum Gasteiger partial charge on any atom is -0.452 e. The molecule has 0 fully saturated rings. The van der Waals surface area contributed by atoms with Crippen molar-refractivity contribution < 1.29 is 19.1 Å². The van der Waals surface area contributed by atoms with Gasteiger partial charge in [0.1, 0.15) is 0 Å². The number of primary amides is 1. The number of carbonyl (C=O) groups is 3. The summed E-state index contributed by atoms with van der Waals surface area (Å²) in [5.41, 5.74) is 6.68. The molecule has 4 N–H and O–H groups in total. The molecule has 0 bridgehead atoms. The van der Waals surface area contributed by atoms with Crippen molar-refractivity contribution in [1.29, 1.82) is 0 Å². The molecule has 0 aromatic heterocycles. The first-order valence-corrected chi connectivity index (χ1v) is 7.63. The lowest BCUT2D eigenvalue weighted by molar-refractivity contribution is -0.124. The molecule has 0 unspecified atom stereocenters. The normalized spacial score (nSPS) is 11.2. The van der Waals surface area contributed by atoms with E-state index in [2.05, 4.69) is 10.6 Å². The maximum atomic E-state index is 11.9. The number of nitrogens with two attached hydrogens (primary N) is 1. The van der Waals surface area contributed by atoms with E-state index in [4.69, 9.17) is 10.5 Å². The van der Waals surface area contributed by atoms with Crippen molar-refractivity contribution in [3.8, 4) is 0 Å². The molecule has 0 radical (unpaired) electrons. The molecule has 0 heterocycles. The lowest BCUT2D eigenvalue weighted by Gasteiger charge is -2.14. The number of rotatable bonds is 6. The van der Waals surface area contributed by atoms with E-state index >= 15 is 0 Å². The van der Waals surface area contributed by atoms with Crippen LogP contribution in [0.15, 0.2) is 54.6 Å². The average molecular weight is 341 g/mol. The molecule has 0 spiro atoms. The Kier molecular flexibility index (Phi) is 6.11. The van der Waals surface area contributed by atoms with Crippen LogP contribution in [-0.2, 0) is 9.53 Å². The highest BCUT2D eigenvalue weighted by atomic mass is 16.5. The minimum absolute atomic E-state index is 0.188. The van der Waals surface area contributed by atoms with Gasteiger partial charge in [-0.05, 0) is 36.8 Å². The summed E-state index contributed by atoms with van der Waals surface area (Å²) in [6.45, 7) is 1.47. The van der Waals surface area contributed by atoms with Gasteiger partial charge in [0.2, 0.25) is 0 Å². The number of anilines is 1. The number of amides is 3. The molecule has 0 aliphatic rings. The number of urea groups is 1. The van der Waals surface area contributed by atoms with Crippen LogP contribution in [0, 0.1) is 0 Å². The molecular formula is C18H19N3O4. The molecule has 2 aromatic rings. The number of hydrogen-bond donors (Lipinski definition) is 3. The van der Waals surface area contributed by atoms with Gasteiger partial charge < -0.3 is 21.1 Å². The maximum absolute atomic E-state index is 11.9. The second-order valence-corrected chi connectivity index (χ2v) is 5.34. The summed E-state index contributed by atoms with van der Waals surface area (Å²) in [7, 11) is 0. The molecule has 0 saturated carbocycles. The molecule has 2 rings (SSSR count). The van der Waals surface area contributed by atoms with E-state index in [-0.39, 0.29) is 18.2 Å². The number of carbonyl (C=O) groups excluding carboxylic acids is 3. The van der Waals surface area contributed by atoms with Crippen LogP contribution in [0.2, 0.25) is 0 Å². The van der Waals surface area contributed by atoms with E-state index in [1.54, 1.807) is 0 Å². The van der Waals surface area contributed by atoms with Crippen LogP contribution in [0.25, 0.3) is 0 Å². The Labute approximate surface area is 145 Å². The Bertz CT molecular complexity index is 745. The van der Waals surface area contributed by atoms with Gasteiger partial charge in [-0.15, -0.1) is 0 Å².